The molecule has 7 nitrogen and oxygen atoms in total. The van der Waals surface area contributed by atoms with Crippen molar-refractivity contribution >= 4 is 44.8 Å². The molecule has 0 aromatic heterocycles. The number of rotatable bonds is 5. The van der Waals surface area contributed by atoms with Gasteiger partial charge in [-0.05, 0) is 45.6 Å². The van der Waals surface area contributed by atoms with Gasteiger partial charge in [0.15, 0.2) is 0 Å². The number of nitro benzene ring substituents is 1. The third kappa shape index (κ3) is 4.22. The summed E-state index contributed by atoms with van der Waals surface area (Å²) in [4.78, 5) is 37.0. The van der Waals surface area contributed by atoms with Gasteiger partial charge in [0.1, 0.15) is 0 Å². The Morgan fingerprint density at radius 3 is 2.50 bits per heavy atom. The van der Waals surface area contributed by atoms with Gasteiger partial charge < -0.3 is 10.2 Å². The molecule has 146 valence electrons. The highest BCUT2D eigenvalue weighted by Crippen LogP contribution is 2.30. The normalized spacial score (nSPS) is 16.5. The molecule has 1 N–H and O–H groups in total. The van der Waals surface area contributed by atoms with Crippen molar-refractivity contribution in [2.75, 3.05) is 16.8 Å². The molecule has 8 heteroatoms. The summed E-state index contributed by atoms with van der Waals surface area (Å²) >= 11 is 3.23. The van der Waals surface area contributed by atoms with E-state index < -0.39 is 10.8 Å². The lowest BCUT2D eigenvalue weighted by Gasteiger charge is -2.18. The second kappa shape index (κ2) is 8.10. The average molecular weight is 446 g/mol. The Kier molecular flexibility index (Phi) is 5.79. The quantitative estimate of drug-likeness (QED) is 0.542. The van der Waals surface area contributed by atoms with E-state index in [9.17, 15) is 19.7 Å². The first-order valence-electron chi connectivity index (χ1n) is 8.91. The molecule has 0 spiro atoms. The van der Waals surface area contributed by atoms with E-state index >= 15 is 0 Å². The molecule has 0 radical (unpaired) electrons. The molecule has 0 aliphatic carbocycles. The zero-order valence-corrected chi connectivity index (χ0v) is 17.1. The fourth-order valence-corrected chi connectivity index (χ4v) is 3.59. The Balaban J connectivity index is 1.69. The van der Waals surface area contributed by atoms with Crippen LogP contribution in [-0.4, -0.2) is 23.3 Å². The van der Waals surface area contributed by atoms with Crippen molar-refractivity contribution in [1.82, 2.24) is 0 Å². The third-order valence-electron chi connectivity index (χ3n) is 4.79. The maximum absolute atomic E-state index is 12.6. The van der Waals surface area contributed by atoms with Crippen LogP contribution in [0.25, 0.3) is 0 Å². The van der Waals surface area contributed by atoms with Gasteiger partial charge >= 0.3 is 0 Å². The molecule has 1 saturated heterocycles. The van der Waals surface area contributed by atoms with E-state index in [-0.39, 0.29) is 23.9 Å². The number of benzene rings is 2. The molecule has 3 rings (SSSR count). The second-order valence-corrected chi connectivity index (χ2v) is 7.92. The Bertz CT molecular complexity index is 928. The van der Waals surface area contributed by atoms with Gasteiger partial charge in [-0.3, -0.25) is 19.7 Å². The summed E-state index contributed by atoms with van der Waals surface area (Å²) in [5.74, 6) is -0.467. The lowest BCUT2D eigenvalue weighted by molar-refractivity contribution is -0.384. The molecule has 1 aliphatic heterocycles. The van der Waals surface area contributed by atoms with Crippen molar-refractivity contribution in [3.63, 3.8) is 0 Å². The molecule has 0 saturated carbocycles. The molecular weight excluding hydrogens is 426 g/mol. The minimum absolute atomic E-state index is 0.0723. The lowest BCUT2D eigenvalue weighted by Crippen LogP contribution is -2.28. The molecule has 28 heavy (non-hydrogen) atoms. The average Bonchev–Trinajstić information content (AvgIpc) is 3.05. The van der Waals surface area contributed by atoms with Crippen LogP contribution in [0.2, 0.25) is 0 Å². The topological polar surface area (TPSA) is 92.6 Å². The summed E-state index contributed by atoms with van der Waals surface area (Å²) in [6, 6.07) is 11.9. The van der Waals surface area contributed by atoms with Gasteiger partial charge in [0.25, 0.3) is 5.69 Å². The summed E-state index contributed by atoms with van der Waals surface area (Å²) in [6.45, 7) is 4.51. The van der Waals surface area contributed by atoms with E-state index in [1.54, 1.807) is 4.90 Å². The molecule has 1 fully saturated rings. The summed E-state index contributed by atoms with van der Waals surface area (Å²) in [6.07, 6.45) is 0.127. The predicted octanol–water partition coefficient (Wildman–Crippen LogP) is 4.47. The van der Waals surface area contributed by atoms with E-state index in [1.807, 2.05) is 24.3 Å². The van der Waals surface area contributed by atoms with Crippen LogP contribution in [-0.2, 0) is 9.59 Å². The summed E-state index contributed by atoms with van der Waals surface area (Å²) < 4.78 is 0.417. The fourth-order valence-electron chi connectivity index (χ4n) is 3.13. The molecule has 1 heterocycles. The van der Waals surface area contributed by atoms with Crippen LogP contribution in [0.3, 0.4) is 0 Å². The van der Waals surface area contributed by atoms with Gasteiger partial charge in [-0.2, -0.15) is 0 Å². The fraction of sp³-hybridized carbons (Fsp3) is 0.300. The van der Waals surface area contributed by atoms with Gasteiger partial charge in [0.05, 0.1) is 16.5 Å². The Morgan fingerprint density at radius 2 is 1.93 bits per heavy atom. The van der Waals surface area contributed by atoms with E-state index in [1.165, 1.54) is 23.8 Å². The van der Waals surface area contributed by atoms with Crippen molar-refractivity contribution in [2.45, 2.75) is 26.2 Å². The molecule has 2 aromatic carbocycles. The maximum Gasteiger partial charge on any atom is 0.270 e. The van der Waals surface area contributed by atoms with Crippen molar-refractivity contribution in [1.29, 1.82) is 0 Å². The number of nitrogens with zero attached hydrogens (tertiary/aromatic N) is 2. The number of nitrogens with one attached hydrogen (secondary N) is 1. The van der Waals surface area contributed by atoms with Gasteiger partial charge in [-0.25, -0.2) is 0 Å². The van der Waals surface area contributed by atoms with Crippen LogP contribution in [0, 0.1) is 16.0 Å². The van der Waals surface area contributed by atoms with E-state index in [0.717, 1.165) is 5.69 Å². The molecule has 0 bridgehead atoms. The Hall–Kier alpha value is -2.74. The van der Waals surface area contributed by atoms with E-state index in [4.69, 9.17) is 0 Å². The second-order valence-electron chi connectivity index (χ2n) is 7.06. The highest BCUT2D eigenvalue weighted by atomic mass is 79.9. The molecule has 0 unspecified atom stereocenters. The summed E-state index contributed by atoms with van der Waals surface area (Å²) in [5.41, 5.74) is 2.33. The van der Waals surface area contributed by atoms with E-state index in [2.05, 4.69) is 35.1 Å². The van der Waals surface area contributed by atoms with Crippen LogP contribution in [0.5, 0.6) is 0 Å². The summed E-state index contributed by atoms with van der Waals surface area (Å²) in [5, 5.41) is 13.6. The first-order chi connectivity index (χ1) is 13.3. The zero-order chi connectivity index (χ0) is 20.4. The molecule has 2 amide bonds. The lowest BCUT2D eigenvalue weighted by atomic mass is 10.0. The van der Waals surface area contributed by atoms with Crippen molar-refractivity contribution < 1.29 is 14.5 Å². The highest BCUT2D eigenvalue weighted by molar-refractivity contribution is 9.10. The monoisotopic (exact) mass is 445 g/mol. The number of halogens is 1. The first kappa shape index (κ1) is 20.0. The third-order valence-corrected chi connectivity index (χ3v) is 5.44. The Morgan fingerprint density at radius 1 is 1.25 bits per heavy atom. The van der Waals surface area contributed by atoms with Crippen molar-refractivity contribution in [3.8, 4) is 0 Å². The standard InChI is InChI=1S/C20H20BrN3O4/c1-12(2)13-3-5-15(6-4-13)23-11-14(9-19(23)25)20(26)22-18-8-7-16(24(27)28)10-17(18)21/h3-8,10,12,14H,9,11H2,1-2H3,(H,22,26)/t14-/m0/s1. The van der Waals surface area contributed by atoms with Gasteiger partial charge in [0, 0.05) is 35.3 Å². The number of non-ortho nitro benzene ring substituents is 1. The first-order valence-corrected chi connectivity index (χ1v) is 9.70. The number of hydrogen-bond acceptors (Lipinski definition) is 4. The van der Waals surface area contributed by atoms with Crippen molar-refractivity contribution in [3.05, 3.63) is 62.6 Å². The van der Waals surface area contributed by atoms with E-state index in [0.29, 0.717) is 22.6 Å². The van der Waals surface area contributed by atoms with Crippen LogP contribution < -0.4 is 10.2 Å². The number of nitro groups is 1. The number of hydrogen-bond donors (Lipinski definition) is 1. The largest absolute Gasteiger partial charge is 0.325 e. The van der Waals surface area contributed by atoms with Crippen LogP contribution in [0.15, 0.2) is 46.9 Å². The molecular formula is C20H20BrN3O4. The van der Waals surface area contributed by atoms with Gasteiger partial charge in [0.2, 0.25) is 11.8 Å². The number of amides is 2. The molecule has 2 aromatic rings. The highest BCUT2D eigenvalue weighted by Gasteiger charge is 2.35. The zero-order valence-electron chi connectivity index (χ0n) is 15.5. The molecule has 1 atom stereocenters. The summed E-state index contributed by atoms with van der Waals surface area (Å²) in [7, 11) is 0. The number of carbonyl (C=O) groups is 2. The van der Waals surface area contributed by atoms with Crippen LogP contribution in [0.1, 0.15) is 31.7 Å². The molecule has 1 aliphatic rings. The smallest absolute Gasteiger partial charge is 0.270 e. The maximum atomic E-state index is 12.6. The Labute approximate surface area is 171 Å². The minimum atomic E-state index is -0.506. The SMILES string of the molecule is CC(C)c1ccc(N2C[C@@H](C(=O)Nc3ccc([N+](=O)[O-])cc3Br)CC2=O)cc1. The minimum Gasteiger partial charge on any atom is -0.325 e. The number of carbonyl (C=O) groups excluding carboxylic acids is 2. The van der Waals surface area contributed by atoms with Crippen LogP contribution in [0.4, 0.5) is 17.1 Å². The van der Waals surface area contributed by atoms with Crippen molar-refractivity contribution in [2.24, 2.45) is 5.92 Å². The number of anilines is 2. The van der Waals surface area contributed by atoms with Gasteiger partial charge in [-0.1, -0.05) is 26.0 Å². The van der Waals surface area contributed by atoms with Gasteiger partial charge in [-0.15, -0.1) is 0 Å². The predicted molar refractivity (Wildman–Crippen MR) is 110 cm³/mol. The van der Waals surface area contributed by atoms with Crippen LogP contribution >= 0.6 is 15.9 Å².